The number of carboxylic acids is 1. The van der Waals surface area contributed by atoms with Gasteiger partial charge in [-0.3, -0.25) is 0 Å². The maximum Gasteiger partial charge on any atom is 0.352 e. The van der Waals surface area contributed by atoms with Crippen molar-refractivity contribution in [3.05, 3.63) is 59.9 Å². The van der Waals surface area contributed by atoms with E-state index in [-0.39, 0.29) is 11.7 Å². The smallest absolute Gasteiger partial charge is 0.352 e. The Bertz CT molecular complexity index is 616. The lowest BCUT2D eigenvalue weighted by atomic mass is 10.0. The topological polar surface area (TPSA) is 67.1 Å². The standard InChI is InChI=1S/C13H11N3O2/c17-13(18)10-8-11(9-4-2-1-3-5-9)16-12(15-10)6-7-14-16/h1-8,11,15H,(H,17,18). The Hall–Kier alpha value is -2.56. The average molecular weight is 241 g/mol. The molecule has 0 saturated carbocycles. The summed E-state index contributed by atoms with van der Waals surface area (Å²) in [5, 5.41) is 16.2. The molecule has 0 fully saturated rings. The van der Waals surface area contributed by atoms with Crippen molar-refractivity contribution in [2.24, 2.45) is 0 Å². The molecule has 0 aliphatic carbocycles. The van der Waals surface area contributed by atoms with E-state index in [0.29, 0.717) is 5.82 Å². The first kappa shape index (κ1) is 10.6. The van der Waals surface area contributed by atoms with Crippen LogP contribution in [0.1, 0.15) is 11.6 Å². The molecule has 3 rings (SSSR count). The summed E-state index contributed by atoms with van der Waals surface area (Å²) in [5.74, 6) is -0.285. The predicted molar refractivity (Wildman–Crippen MR) is 66.1 cm³/mol. The minimum absolute atomic E-state index is 0.178. The summed E-state index contributed by atoms with van der Waals surface area (Å²) in [7, 11) is 0. The molecule has 90 valence electrons. The minimum Gasteiger partial charge on any atom is -0.477 e. The van der Waals surface area contributed by atoms with Gasteiger partial charge in [-0.1, -0.05) is 30.3 Å². The van der Waals surface area contributed by atoms with Crippen LogP contribution in [-0.2, 0) is 4.79 Å². The molecule has 0 saturated heterocycles. The number of carbonyl (C=O) groups is 1. The Morgan fingerprint density at radius 3 is 2.78 bits per heavy atom. The van der Waals surface area contributed by atoms with Crippen LogP contribution in [0.3, 0.4) is 0 Å². The fourth-order valence-electron chi connectivity index (χ4n) is 2.06. The Kier molecular flexibility index (Phi) is 2.37. The lowest BCUT2D eigenvalue weighted by molar-refractivity contribution is -0.132. The summed E-state index contributed by atoms with van der Waals surface area (Å²) >= 11 is 0. The van der Waals surface area contributed by atoms with E-state index in [1.165, 1.54) is 0 Å². The number of rotatable bonds is 2. The van der Waals surface area contributed by atoms with Crippen LogP contribution >= 0.6 is 0 Å². The van der Waals surface area contributed by atoms with Crippen LogP contribution in [0.25, 0.3) is 0 Å². The van der Waals surface area contributed by atoms with Gasteiger partial charge < -0.3 is 10.4 Å². The second kappa shape index (κ2) is 4.03. The molecule has 18 heavy (non-hydrogen) atoms. The molecule has 1 unspecified atom stereocenters. The number of anilines is 1. The van der Waals surface area contributed by atoms with Gasteiger partial charge in [-0.25, -0.2) is 9.48 Å². The molecule has 5 heteroatoms. The predicted octanol–water partition coefficient (Wildman–Crippen LogP) is 1.87. The van der Waals surface area contributed by atoms with Gasteiger partial charge in [0, 0.05) is 6.07 Å². The number of nitrogens with one attached hydrogen (secondary N) is 1. The first-order chi connectivity index (χ1) is 8.75. The van der Waals surface area contributed by atoms with E-state index in [2.05, 4.69) is 10.4 Å². The molecule has 1 aromatic heterocycles. The SMILES string of the molecule is O=C(O)C1=CC(c2ccccc2)n2nccc2N1. The Morgan fingerprint density at radius 1 is 1.28 bits per heavy atom. The molecule has 2 N–H and O–H groups in total. The van der Waals surface area contributed by atoms with Gasteiger partial charge >= 0.3 is 5.97 Å². The number of nitrogens with zero attached hydrogens (tertiary/aromatic N) is 2. The van der Waals surface area contributed by atoms with Gasteiger partial charge in [-0.05, 0) is 11.6 Å². The molecule has 1 aliphatic heterocycles. The van der Waals surface area contributed by atoms with Gasteiger partial charge in [0.1, 0.15) is 11.5 Å². The highest BCUT2D eigenvalue weighted by molar-refractivity contribution is 5.90. The highest BCUT2D eigenvalue weighted by Crippen LogP contribution is 2.29. The second-order valence-corrected chi connectivity index (χ2v) is 4.03. The molecule has 1 aliphatic rings. The van der Waals surface area contributed by atoms with Gasteiger partial charge in [0.25, 0.3) is 0 Å². The van der Waals surface area contributed by atoms with E-state index in [0.717, 1.165) is 5.56 Å². The highest BCUT2D eigenvalue weighted by Gasteiger charge is 2.23. The lowest BCUT2D eigenvalue weighted by Gasteiger charge is -2.23. The fraction of sp³-hybridized carbons (Fsp3) is 0.0769. The third kappa shape index (κ3) is 1.66. The van der Waals surface area contributed by atoms with Crippen LogP contribution in [0.2, 0.25) is 0 Å². The molecular formula is C13H11N3O2. The molecule has 0 radical (unpaired) electrons. The molecule has 0 spiro atoms. The van der Waals surface area contributed by atoms with Crippen molar-refractivity contribution in [3.8, 4) is 0 Å². The number of carboxylic acid groups (broad SMARTS) is 1. The normalized spacial score (nSPS) is 17.6. The van der Waals surface area contributed by atoms with Crippen molar-refractivity contribution < 1.29 is 9.90 Å². The zero-order valence-electron chi connectivity index (χ0n) is 9.45. The number of hydrogen-bond acceptors (Lipinski definition) is 3. The molecule has 2 heterocycles. The maximum absolute atomic E-state index is 11.1. The zero-order chi connectivity index (χ0) is 12.5. The summed E-state index contributed by atoms with van der Waals surface area (Å²) in [6.45, 7) is 0. The highest BCUT2D eigenvalue weighted by atomic mass is 16.4. The van der Waals surface area contributed by atoms with Gasteiger partial charge in [-0.15, -0.1) is 0 Å². The monoisotopic (exact) mass is 241 g/mol. The van der Waals surface area contributed by atoms with Crippen LogP contribution in [0.15, 0.2) is 54.4 Å². The average Bonchev–Trinajstić information content (AvgIpc) is 2.86. The first-order valence-electron chi connectivity index (χ1n) is 5.56. The van der Waals surface area contributed by atoms with Gasteiger partial charge in [0.05, 0.1) is 12.2 Å². The molecule has 1 aromatic carbocycles. The van der Waals surface area contributed by atoms with Crippen LogP contribution in [0, 0.1) is 0 Å². The van der Waals surface area contributed by atoms with E-state index < -0.39 is 5.97 Å². The third-order valence-electron chi connectivity index (χ3n) is 2.89. The summed E-state index contributed by atoms with van der Waals surface area (Å²) < 4.78 is 1.77. The summed E-state index contributed by atoms with van der Waals surface area (Å²) in [5.41, 5.74) is 1.18. The molecular weight excluding hydrogens is 230 g/mol. The van der Waals surface area contributed by atoms with Crippen molar-refractivity contribution in [3.63, 3.8) is 0 Å². The number of fused-ring (bicyclic) bond motifs is 1. The number of aromatic nitrogens is 2. The van der Waals surface area contributed by atoms with Crippen LogP contribution in [0.5, 0.6) is 0 Å². The molecule has 1 atom stereocenters. The van der Waals surface area contributed by atoms with E-state index in [1.54, 1.807) is 23.0 Å². The van der Waals surface area contributed by atoms with Gasteiger partial charge in [-0.2, -0.15) is 5.10 Å². The van der Waals surface area contributed by atoms with E-state index in [9.17, 15) is 4.79 Å². The van der Waals surface area contributed by atoms with Crippen molar-refractivity contribution in [1.82, 2.24) is 9.78 Å². The quantitative estimate of drug-likeness (QED) is 0.842. The Labute approximate surface area is 103 Å². The number of hydrogen-bond donors (Lipinski definition) is 2. The molecule has 2 aromatic rings. The molecule has 0 amide bonds. The Morgan fingerprint density at radius 2 is 2.06 bits per heavy atom. The van der Waals surface area contributed by atoms with Crippen LogP contribution < -0.4 is 5.32 Å². The molecule has 0 bridgehead atoms. The lowest BCUT2D eigenvalue weighted by Crippen LogP contribution is -2.23. The minimum atomic E-state index is -0.969. The van der Waals surface area contributed by atoms with Gasteiger partial charge in [0.15, 0.2) is 0 Å². The van der Waals surface area contributed by atoms with Crippen molar-refractivity contribution in [1.29, 1.82) is 0 Å². The van der Waals surface area contributed by atoms with E-state index in [1.807, 2.05) is 30.3 Å². The van der Waals surface area contributed by atoms with E-state index in [4.69, 9.17) is 5.11 Å². The van der Waals surface area contributed by atoms with Gasteiger partial charge in [0.2, 0.25) is 0 Å². The largest absolute Gasteiger partial charge is 0.477 e. The number of allylic oxidation sites excluding steroid dienone is 1. The van der Waals surface area contributed by atoms with E-state index >= 15 is 0 Å². The van der Waals surface area contributed by atoms with Crippen molar-refractivity contribution in [2.45, 2.75) is 6.04 Å². The second-order valence-electron chi connectivity index (χ2n) is 4.03. The summed E-state index contributed by atoms with van der Waals surface area (Å²) in [6.07, 6.45) is 3.31. The third-order valence-corrected chi connectivity index (χ3v) is 2.89. The summed E-state index contributed by atoms with van der Waals surface area (Å²) in [6, 6.07) is 11.3. The number of aliphatic carboxylic acids is 1. The fourth-order valence-corrected chi connectivity index (χ4v) is 2.06. The van der Waals surface area contributed by atoms with Crippen molar-refractivity contribution in [2.75, 3.05) is 5.32 Å². The Balaban J connectivity index is 2.10. The maximum atomic E-state index is 11.1. The number of benzene rings is 1. The molecule has 5 nitrogen and oxygen atoms in total. The zero-order valence-corrected chi connectivity index (χ0v) is 9.45. The summed E-state index contributed by atoms with van der Waals surface area (Å²) in [4.78, 5) is 11.1. The van der Waals surface area contributed by atoms with Crippen molar-refractivity contribution >= 4 is 11.8 Å². The first-order valence-corrected chi connectivity index (χ1v) is 5.56. The van der Waals surface area contributed by atoms with Crippen LogP contribution in [-0.4, -0.2) is 20.9 Å². The van der Waals surface area contributed by atoms with Crippen LogP contribution in [0.4, 0.5) is 5.82 Å².